The molecule has 0 saturated carbocycles. The molecule has 1 rings (SSSR count). The summed E-state index contributed by atoms with van der Waals surface area (Å²) in [4.78, 5) is 2.10. The first-order valence-corrected chi connectivity index (χ1v) is 3.88. The summed E-state index contributed by atoms with van der Waals surface area (Å²) < 4.78 is 27.7. The van der Waals surface area contributed by atoms with Crippen molar-refractivity contribution in [3.8, 4) is 0 Å². The molecule has 0 aromatic rings. The molecule has 11 heavy (non-hydrogen) atoms. The van der Waals surface area contributed by atoms with Gasteiger partial charge in [-0.3, -0.25) is 0 Å². The van der Waals surface area contributed by atoms with Crippen LogP contribution in [0.25, 0.3) is 0 Å². The maximum absolute atomic E-state index is 11.7. The molecule has 1 saturated heterocycles. The molecule has 1 atom stereocenters. The second kappa shape index (κ2) is 3.97. The van der Waals surface area contributed by atoms with Gasteiger partial charge < -0.3 is 9.64 Å². The van der Waals surface area contributed by atoms with E-state index in [0.717, 1.165) is 19.5 Å². The zero-order chi connectivity index (χ0) is 8.27. The summed E-state index contributed by atoms with van der Waals surface area (Å²) in [5.74, 6) is 0. The average Bonchev–Trinajstić information content (AvgIpc) is 2.34. The molecule has 1 aliphatic heterocycles. The molecule has 0 N–H and O–H groups in total. The summed E-state index contributed by atoms with van der Waals surface area (Å²) in [7, 11) is 0. The molecule has 0 aromatic heterocycles. The van der Waals surface area contributed by atoms with Crippen LogP contribution in [-0.2, 0) is 4.74 Å². The molecule has 1 fully saturated rings. The minimum absolute atomic E-state index is 0.255. The van der Waals surface area contributed by atoms with Crippen LogP contribution in [0.2, 0.25) is 0 Å². The molecule has 0 amide bonds. The highest BCUT2D eigenvalue weighted by Crippen LogP contribution is 2.14. The first-order valence-electron chi connectivity index (χ1n) is 3.88. The zero-order valence-corrected chi connectivity index (χ0v) is 6.59. The maximum Gasteiger partial charge on any atom is 0.345 e. The van der Waals surface area contributed by atoms with Gasteiger partial charge in [0.25, 0.3) is 0 Å². The highest BCUT2D eigenvalue weighted by molar-refractivity contribution is 4.74. The second-order valence-electron chi connectivity index (χ2n) is 2.70. The van der Waals surface area contributed by atoms with Gasteiger partial charge >= 0.3 is 6.61 Å². The van der Waals surface area contributed by atoms with E-state index in [1.807, 2.05) is 6.92 Å². The monoisotopic (exact) mass is 165 g/mol. The Labute approximate surface area is 65.1 Å². The van der Waals surface area contributed by atoms with Crippen molar-refractivity contribution in [3.63, 3.8) is 0 Å². The molecule has 0 radical (unpaired) electrons. The van der Waals surface area contributed by atoms with Crippen LogP contribution in [0.15, 0.2) is 0 Å². The average molecular weight is 165 g/mol. The van der Waals surface area contributed by atoms with E-state index in [0.29, 0.717) is 6.54 Å². The topological polar surface area (TPSA) is 12.5 Å². The lowest BCUT2D eigenvalue weighted by Gasteiger charge is -2.12. The standard InChI is InChI=1S/C7H13F2NO/c1-2-10-4-3-6(5-10)11-7(8)9/h6-7H,2-5H2,1H3/t6-/m1/s1. The highest BCUT2D eigenvalue weighted by Gasteiger charge is 2.24. The number of ether oxygens (including phenoxy) is 1. The lowest BCUT2D eigenvalue weighted by Crippen LogP contribution is -2.24. The molecular weight excluding hydrogens is 152 g/mol. The maximum atomic E-state index is 11.7. The highest BCUT2D eigenvalue weighted by atomic mass is 19.3. The van der Waals surface area contributed by atoms with Crippen LogP contribution in [0.1, 0.15) is 13.3 Å². The summed E-state index contributed by atoms with van der Waals surface area (Å²) in [6.45, 7) is 1.86. The van der Waals surface area contributed by atoms with Crippen molar-refractivity contribution < 1.29 is 13.5 Å². The van der Waals surface area contributed by atoms with Crippen molar-refractivity contribution in [2.24, 2.45) is 0 Å². The van der Waals surface area contributed by atoms with Gasteiger partial charge in [0.1, 0.15) is 0 Å². The van der Waals surface area contributed by atoms with Gasteiger partial charge in [0.15, 0.2) is 0 Å². The number of hydrogen-bond acceptors (Lipinski definition) is 2. The second-order valence-corrected chi connectivity index (χ2v) is 2.70. The number of nitrogens with zero attached hydrogens (tertiary/aromatic N) is 1. The van der Waals surface area contributed by atoms with Crippen molar-refractivity contribution in [2.75, 3.05) is 19.6 Å². The number of halogens is 2. The summed E-state index contributed by atoms with van der Waals surface area (Å²) >= 11 is 0. The van der Waals surface area contributed by atoms with Crippen LogP contribution < -0.4 is 0 Å². The fourth-order valence-electron chi connectivity index (χ4n) is 1.34. The van der Waals surface area contributed by atoms with Gasteiger partial charge in [-0.15, -0.1) is 0 Å². The number of hydrogen-bond donors (Lipinski definition) is 0. The molecule has 1 aliphatic rings. The van der Waals surface area contributed by atoms with E-state index in [1.54, 1.807) is 0 Å². The molecule has 0 bridgehead atoms. The minimum Gasteiger partial charge on any atom is -0.318 e. The third-order valence-corrected chi connectivity index (χ3v) is 1.97. The van der Waals surface area contributed by atoms with E-state index in [2.05, 4.69) is 9.64 Å². The lowest BCUT2D eigenvalue weighted by atomic mass is 10.3. The van der Waals surface area contributed by atoms with Gasteiger partial charge in [0, 0.05) is 13.1 Å². The summed E-state index contributed by atoms with van der Waals surface area (Å²) in [5, 5.41) is 0. The van der Waals surface area contributed by atoms with Crippen LogP contribution in [0.4, 0.5) is 8.78 Å². The minimum atomic E-state index is -2.61. The van der Waals surface area contributed by atoms with Gasteiger partial charge in [-0.05, 0) is 13.0 Å². The number of rotatable bonds is 3. The van der Waals surface area contributed by atoms with Crippen molar-refractivity contribution in [3.05, 3.63) is 0 Å². The van der Waals surface area contributed by atoms with Crippen molar-refractivity contribution in [1.29, 1.82) is 0 Å². The predicted octanol–water partition coefficient (Wildman–Crippen LogP) is 1.32. The third kappa shape index (κ3) is 2.71. The number of alkyl halides is 2. The molecule has 1 heterocycles. The molecule has 0 spiro atoms. The molecular formula is C7H13F2NO. The molecule has 0 aliphatic carbocycles. The first kappa shape index (κ1) is 8.87. The van der Waals surface area contributed by atoms with Crippen LogP contribution in [0.3, 0.4) is 0 Å². The summed E-state index contributed by atoms with van der Waals surface area (Å²) in [5.41, 5.74) is 0. The van der Waals surface area contributed by atoms with E-state index >= 15 is 0 Å². The van der Waals surface area contributed by atoms with Crippen molar-refractivity contribution >= 4 is 0 Å². The van der Waals surface area contributed by atoms with Gasteiger partial charge in [0.2, 0.25) is 0 Å². The van der Waals surface area contributed by atoms with Crippen molar-refractivity contribution in [2.45, 2.75) is 26.1 Å². The lowest BCUT2D eigenvalue weighted by molar-refractivity contribution is -0.158. The van der Waals surface area contributed by atoms with E-state index in [4.69, 9.17) is 0 Å². The predicted molar refractivity (Wildman–Crippen MR) is 37.6 cm³/mol. The van der Waals surface area contributed by atoms with E-state index in [1.165, 1.54) is 0 Å². The van der Waals surface area contributed by atoms with E-state index in [-0.39, 0.29) is 6.10 Å². The number of likely N-dealkylation sites (N-methyl/N-ethyl adjacent to an activating group) is 1. The fraction of sp³-hybridized carbons (Fsp3) is 1.00. The van der Waals surface area contributed by atoms with Gasteiger partial charge in [-0.1, -0.05) is 6.92 Å². The van der Waals surface area contributed by atoms with Gasteiger partial charge in [0.05, 0.1) is 6.10 Å². The molecule has 66 valence electrons. The Balaban J connectivity index is 2.19. The Morgan fingerprint density at radius 2 is 2.36 bits per heavy atom. The van der Waals surface area contributed by atoms with Crippen LogP contribution >= 0.6 is 0 Å². The summed E-state index contributed by atoms with van der Waals surface area (Å²) in [6, 6.07) is 0. The van der Waals surface area contributed by atoms with E-state index < -0.39 is 6.61 Å². The third-order valence-electron chi connectivity index (χ3n) is 1.97. The largest absolute Gasteiger partial charge is 0.345 e. The first-order chi connectivity index (χ1) is 5.22. The van der Waals surface area contributed by atoms with E-state index in [9.17, 15) is 8.78 Å². The Morgan fingerprint density at radius 1 is 1.64 bits per heavy atom. The Hall–Kier alpha value is -0.220. The molecule has 4 heteroatoms. The molecule has 2 nitrogen and oxygen atoms in total. The Kier molecular flexibility index (Phi) is 3.20. The quantitative estimate of drug-likeness (QED) is 0.625. The Bertz CT molecular complexity index is 121. The van der Waals surface area contributed by atoms with Crippen molar-refractivity contribution in [1.82, 2.24) is 4.90 Å². The summed E-state index contributed by atoms with van der Waals surface area (Å²) in [6.07, 6.45) is 0.480. The molecule has 0 unspecified atom stereocenters. The van der Waals surface area contributed by atoms with Gasteiger partial charge in [-0.2, -0.15) is 8.78 Å². The van der Waals surface area contributed by atoms with Crippen LogP contribution in [-0.4, -0.2) is 37.2 Å². The van der Waals surface area contributed by atoms with Crippen LogP contribution in [0.5, 0.6) is 0 Å². The Morgan fingerprint density at radius 3 is 2.82 bits per heavy atom. The zero-order valence-electron chi connectivity index (χ0n) is 6.59. The van der Waals surface area contributed by atoms with Crippen LogP contribution in [0, 0.1) is 0 Å². The number of likely N-dealkylation sites (tertiary alicyclic amines) is 1. The SMILES string of the molecule is CCN1CC[C@@H](OC(F)F)C1. The smallest absolute Gasteiger partial charge is 0.318 e. The molecule has 0 aromatic carbocycles. The normalized spacial score (nSPS) is 26.7. The fourth-order valence-corrected chi connectivity index (χ4v) is 1.34. The van der Waals surface area contributed by atoms with Gasteiger partial charge in [-0.25, -0.2) is 0 Å².